The summed E-state index contributed by atoms with van der Waals surface area (Å²) in [5.74, 6) is 0.871. The molecule has 0 aliphatic carbocycles. The Morgan fingerprint density at radius 1 is 0.781 bits per heavy atom. The standard InChI is InChI=1S/C28H22N2O2/c1-15-10-16(2)26(17(3)11-15)24-13-19-12-23(29-14-25(19)31-24)22-7-5-6-20-21-9-8-18(4)30-28(21)32-27(20)22/h5-14H,1-4H3. The highest BCUT2D eigenvalue weighted by Gasteiger charge is 2.16. The number of aryl methyl sites for hydroxylation is 4. The summed E-state index contributed by atoms with van der Waals surface area (Å²) in [6.45, 7) is 8.35. The van der Waals surface area contributed by atoms with Crippen molar-refractivity contribution in [1.29, 1.82) is 0 Å². The summed E-state index contributed by atoms with van der Waals surface area (Å²) in [4.78, 5) is 9.26. The molecule has 0 N–H and O–H groups in total. The summed E-state index contributed by atoms with van der Waals surface area (Å²) >= 11 is 0. The van der Waals surface area contributed by atoms with Crippen LogP contribution in [0.1, 0.15) is 22.4 Å². The minimum absolute atomic E-state index is 0.657. The zero-order valence-corrected chi connectivity index (χ0v) is 18.5. The van der Waals surface area contributed by atoms with Crippen molar-refractivity contribution in [1.82, 2.24) is 9.97 Å². The van der Waals surface area contributed by atoms with Gasteiger partial charge in [0.05, 0.1) is 11.9 Å². The highest BCUT2D eigenvalue weighted by Crippen LogP contribution is 2.37. The van der Waals surface area contributed by atoms with Gasteiger partial charge >= 0.3 is 0 Å². The van der Waals surface area contributed by atoms with Gasteiger partial charge in [-0.3, -0.25) is 4.98 Å². The van der Waals surface area contributed by atoms with E-state index in [1.807, 2.05) is 25.1 Å². The van der Waals surface area contributed by atoms with E-state index in [0.29, 0.717) is 5.71 Å². The van der Waals surface area contributed by atoms with E-state index in [0.717, 1.165) is 55.6 Å². The maximum Gasteiger partial charge on any atom is 0.227 e. The third kappa shape index (κ3) is 2.83. The monoisotopic (exact) mass is 418 g/mol. The molecule has 4 aromatic heterocycles. The largest absolute Gasteiger partial charge is 0.454 e. The highest BCUT2D eigenvalue weighted by atomic mass is 16.3. The molecule has 6 rings (SSSR count). The third-order valence-corrected chi connectivity index (χ3v) is 6.11. The normalized spacial score (nSPS) is 11.8. The number of para-hydroxylation sites is 1. The molecule has 0 spiro atoms. The first-order valence-electron chi connectivity index (χ1n) is 10.7. The number of aromatic nitrogens is 2. The zero-order valence-electron chi connectivity index (χ0n) is 18.5. The topological polar surface area (TPSA) is 52.1 Å². The predicted octanol–water partition coefficient (Wildman–Crippen LogP) is 7.69. The van der Waals surface area contributed by atoms with Gasteiger partial charge in [-0.05, 0) is 69.2 Å². The predicted molar refractivity (Wildman–Crippen MR) is 129 cm³/mol. The molecule has 0 saturated heterocycles. The number of rotatable bonds is 2. The second-order valence-corrected chi connectivity index (χ2v) is 8.58. The van der Waals surface area contributed by atoms with Crippen molar-refractivity contribution < 1.29 is 8.83 Å². The molecule has 0 fully saturated rings. The van der Waals surface area contributed by atoms with Crippen LogP contribution < -0.4 is 0 Å². The Morgan fingerprint density at radius 2 is 1.59 bits per heavy atom. The number of hydrogen-bond donors (Lipinski definition) is 0. The van der Waals surface area contributed by atoms with E-state index < -0.39 is 0 Å². The van der Waals surface area contributed by atoms with Crippen LogP contribution >= 0.6 is 0 Å². The average molecular weight is 418 g/mol. The molecular formula is C28H22N2O2. The van der Waals surface area contributed by atoms with Crippen molar-refractivity contribution in [2.45, 2.75) is 27.7 Å². The molecular weight excluding hydrogens is 396 g/mol. The summed E-state index contributed by atoms with van der Waals surface area (Å²) in [6.07, 6.45) is 1.80. The van der Waals surface area contributed by atoms with Gasteiger partial charge in [0.1, 0.15) is 11.3 Å². The van der Waals surface area contributed by atoms with E-state index in [1.165, 1.54) is 16.7 Å². The van der Waals surface area contributed by atoms with Crippen LogP contribution in [0.5, 0.6) is 0 Å². The summed E-state index contributed by atoms with van der Waals surface area (Å²) in [5.41, 5.74) is 9.80. The van der Waals surface area contributed by atoms with E-state index >= 15 is 0 Å². The van der Waals surface area contributed by atoms with Crippen LogP contribution in [-0.2, 0) is 0 Å². The van der Waals surface area contributed by atoms with Gasteiger partial charge < -0.3 is 8.83 Å². The Kier molecular flexibility index (Phi) is 3.99. The van der Waals surface area contributed by atoms with Crippen LogP contribution in [0, 0.1) is 27.7 Å². The van der Waals surface area contributed by atoms with E-state index in [-0.39, 0.29) is 0 Å². The molecule has 4 heterocycles. The first-order chi connectivity index (χ1) is 15.5. The van der Waals surface area contributed by atoms with Gasteiger partial charge in [0.15, 0.2) is 5.58 Å². The van der Waals surface area contributed by atoms with Gasteiger partial charge in [-0.15, -0.1) is 0 Å². The minimum Gasteiger partial charge on any atom is -0.454 e. The van der Waals surface area contributed by atoms with Gasteiger partial charge in [-0.2, -0.15) is 0 Å². The number of fused-ring (bicyclic) bond motifs is 4. The van der Waals surface area contributed by atoms with Crippen molar-refractivity contribution in [2.75, 3.05) is 0 Å². The molecule has 0 unspecified atom stereocenters. The van der Waals surface area contributed by atoms with Gasteiger partial charge in [0.2, 0.25) is 5.71 Å². The van der Waals surface area contributed by atoms with Crippen LogP contribution in [0.2, 0.25) is 0 Å². The maximum absolute atomic E-state index is 6.20. The first-order valence-corrected chi connectivity index (χ1v) is 10.7. The number of hydrogen-bond acceptors (Lipinski definition) is 4. The molecule has 2 aromatic carbocycles. The Bertz CT molecular complexity index is 1650. The Morgan fingerprint density at radius 3 is 2.41 bits per heavy atom. The molecule has 156 valence electrons. The lowest BCUT2D eigenvalue weighted by atomic mass is 9.98. The lowest BCUT2D eigenvalue weighted by Gasteiger charge is -2.08. The fourth-order valence-corrected chi connectivity index (χ4v) is 4.76. The SMILES string of the molecule is Cc1cc(C)c(-c2cc3cc(-c4cccc5c4oc4nc(C)ccc45)ncc3o2)c(C)c1. The zero-order chi connectivity index (χ0) is 22.0. The highest BCUT2D eigenvalue weighted by molar-refractivity contribution is 6.08. The van der Waals surface area contributed by atoms with Gasteiger partial charge in [0, 0.05) is 33.0 Å². The first kappa shape index (κ1) is 18.8. The van der Waals surface area contributed by atoms with Crippen molar-refractivity contribution in [2.24, 2.45) is 0 Å². The fraction of sp³-hybridized carbons (Fsp3) is 0.143. The van der Waals surface area contributed by atoms with Crippen LogP contribution in [-0.4, -0.2) is 9.97 Å². The number of furan rings is 2. The molecule has 0 saturated carbocycles. The van der Waals surface area contributed by atoms with Crippen molar-refractivity contribution in [3.05, 3.63) is 83.2 Å². The molecule has 0 atom stereocenters. The van der Waals surface area contributed by atoms with E-state index in [9.17, 15) is 0 Å². The second-order valence-electron chi connectivity index (χ2n) is 8.58. The van der Waals surface area contributed by atoms with Gasteiger partial charge in [0.25, 0.3) is 0 Å². The molecule has 4 nitrogen and oxygen atoms in total. The van der Waals surface area contributed by atoms with Gasteiger partial charge in [-0.25, -0.2) is 4.98 Å². The summed E-state index contributed by atoms with van der Waals surface area (Å²) < 4.78 is 12.4. The van der Waals surface area contributed by atoms with Crippen LogP contribution in [0.3, 0.4) is 0 Å². The number of benzene rings is 2. The second kappa shape index (κ2) is 6.79. The summed E-state index contributed by atoms with van der Waals surface area (Å²) in [7, 11) is 0. The molecule has 0 aliphatic rings. The fourth-order valence-electron chi connectivity index (χ4n) is 4.76. The van der Waals surface area contributed by atoms with Crippen LogP contribution in [0.4, 0.5) is 0 Å². The van der Waals surface area contributed by atoms with Crippen LogP contribution in [0.25, 0.3) is 55.6 Å². The number of pyridine rings is 2. The lowest BCUT2D eigenvalue weighted by Crippen LogP contribution is -1.88. The molecule has 0 aliphatic heterocycles. The van der Waals surface area contributed by atoms with Crippen molar-refractivity contribution >= 4 is 33.0 Å². The lowest BCUT2D eigenvalue weighted by molar-refractivity contribution is 0.629. The van der Waals surface area contributed by atoms with Crippen molar-refractivity contribution in [3.8, 4) is 22.6 Å². The smallest absolute Gasteiger partial charge is 0.227 e. The van der Waals surface area contributed by atoms with Crippen molar-refractivity contribution in [3.63, 3.8) is 0 Å². The van der Waals surface area contributed by atoms with E-state index in [1.54, 1.807) is 6.20 Å². The third-order valence-electron chi connectivity index (χ3n) is 6.11. The van der Waals surface area contributed by atoms with E-state index in [4.69, 9.17) is 13.8 Å². The summed E-state index contributed by atoms with van der Waals surface area (Å²) in [6, 6.07) is 18.8. The quantitative estimate of drug-likeness (QED) is 0.289. The summed E-state index contributed by atoms with van der Waals surface area (Å²) in [5, 5.41) is 3.08. The molecule has 0 radical (unpaired) electrons. The molecule has 4 heteroatoms. The molecule has 6 aromatic rings. The van der Waals surface area contributed by atoms with Gasteiger partial charge in [-0.1, -0.05) is 29.8 Å². The molecule has 0 amide bonds. The maximum atomic E-state index is 6.20. The average Bonchev–Trinajstić information content (AvgIpc) is 3.32. The molecule has 32 heavy (non-hydrogen) atoms. The Balaban J connectivity index is 1.53. The Labute approximate surface area is 185 Å². The Hall–Kier alpha value is -3.92. The van der Waals surface area contributed by atoms with Crippen LogP contribution in [0.15, 0.2) is 69.6 Å². The van der Waals surface area contributed by atoms with E-state index in [2.05, 4.69) is 62.2 Å². The minimum atomic E-state index is 0.657. The molecule has 0 bridgehead atoms. The number of nitrogens with zero attached hydrogens (tertiary/aromatic N) is 2.